The van der Waals surface area contributed by atoms with Gasteiger partial charge in [-0.3, -0.25) is 4.79 Å². The standard InChI is InChI=1S/C29H38FNO5/c1-18-14-23-22-8-7-20-15-21(32)9-10-26(20,2)29(22,30)24(33)16-27(23,3)28(18,35)11-13-36-25(34)19-6-5-12-31(4)17-19/h5,9-10,12,15,17-18,22-24,33,35H,6-8,11,13-14,16H2,1-4H3/t18?,22-,23-,24?,26-,27-,28+,29-/m0/s1. The van der Waals surface area contributed by atoms with Crippen LogP contribution < -0.4 is 0 Å². The van der Waals surface area contributed by atoms with E-state index in [1.54, 1.807) is 24.1 Å². The Morgan fingerprint density at radius 3 is 2.78 bits per heavy atom. The second-order valence-corrected chi connectivity index (χ2v) is 12.1. The molecular formula is C29H38FNO5. The number of rotatable bonds is 4. The fraction of sp³-hybridized carbons (Fsp3) is 0.655. The van der Waals surface area contributed by atoms with Gasteiger partial charge in [-0.05, 0) is 62.8 Å². The second-order valence-electron chi connectivity index (χ2n) is 12.1. The van der Waals surface area contributed by atoms with Gasteiger partial charge in [0.15, 0.2) is 11.5 Å². The Labute approximate surface area is 212 Å². The van der Waals surface area contributed by atoms with Gasteiger partial charge in [0, 0.05) is 42.8 Å². The lowest BCUT2D eigenvalue weighted by molar-refractivity contribution is -0.222. The topological polar surface area (TPSA) is 87.1 Å². The van der Waals surface area contributed by atoms with Crippen LogP contribution in [0.1, 0.15) is 59.3 Å². The van der Waals surface area contributed by atoms with E-state index in [-0.39, 0.29) is 37.1 Å². The number of aliphatic hydroxyl groups is 2. The minimum atomic E-state index is -1.91. The van der Waals surface area contributed by atoms with E-state index < -0.39 is 40.1 Å². The molecule has 7 heteroatoms. The average molecular weight is 500 g/mol. The van der Waals surface area contributed by atoms with Crippen LogP contribution in [-0.2, 0) is 14.3 Å². The molecule has 36 heavy (non-hydrogen) atoms. The van der Waals surface area contributed by atoms with E-state index in [0.29, 0.717) is 31.3 Å². The van der Waals surface area contributed by atoms with Crippen LogP contribution in [0, 0.1) is 28.6 Å². The van der Waals surface area contributed by atoms with E-state index in [0.717, 1.165) is 5.57 Å². The third kappa shape index (κ3) is 3.34. The van der Waals surface area contributed by atoms with Gasteiger partial charge in [-0.15, -0.1) is 0 Å². The van der Waals surface area contributed by atoms with Gasteiger partial charge in [0.05, 0.1) is 23.9 Å². The number of ketones is 1. The van der Waals surface area contributed by atoms with Crippen molar-refractivity contribution in [2.24, 2.45) is 28.6 Å². The van der Waals surface area contributed by atoms with Crippen LogP contribution in [0.2, 0.25) is 0 Å². The van der Waals surface area contributed by atoms with Gasteiger partial charge in [-0.25, -0.2) is 9.18 Å². The Bertz CT molecular complexity index is 1100. The first kappa shape index (κ1) is 25.4. The molecule has 5 rings (SSSR count). The maximum atomic E-state index is 17.2. The normalized spacial score (nSPS) is 45.4. The van der Waals surface area contributed by atoms with Gasteiger partial charge in [0.25, 0.3) is 0 Å². The number of halogens is 1. The number of carbonyl (C=O) groups is 2. The van der Waals surface area contributed by atoms with E-state index in [9.17, 15) is 19.8 Å². The summed E-state index contributed by atoms with van der Waals surface area (Å²) in [5, 5.41) is 23.5. The summed E-state index contributed by atoms with van der Waals surface area (Å²) >= 11 is 0. The first-order valence-corrected chi connectivity index (χ1v) is 13.2. The molecule has 2 N–H and O–H groups in total. The first-order valence-electron chi connectivity index (χ1n) is 13.2. The molecule has 0 bridgehead atoms. The molecule has 0 spiro atoms. The predicted octanol–water partition coefficient (Wildman–Crippen LogP) is 4.00. The summed E-state index contributed by atoms with van der Waals surface area (Å²) < 4.78 is 22.8. The number of hydrogen-bond acceptors (Lipinski definition) is 6. The highest BCUT2D eigenvalue weighted by Gasteiger charge is 2.74. The molecule has 0 amide bonds. The SMILES string of the molecule is CC1C[C@H]2[C@@H]3CCC4=CC(=O)C=C[C@]4(C)[C@@]3(F)C(O)C[C@]2(C)[C@@]1(O)CCOC(=O)C1=CN(C)C=CC1. The number of nitrogens with zero attached hydrogens (tertiary/aromatic N) is 1. The number of alkyl halides is 1. The zero-order valence-corrected chi connectivity index (χ0v) is 21.7. The second kappa shape index (κ2) is 8.38. The number of carbonyl (C=O) groups excluding carboxylic acids is 2. The van der Waals surface area contributed by atoms with E-state index in [2.05, 4.69) is 0 Å². The van der Waals surface area contributed by atoms with E-state index >= 15 is 4.39 Å². The van der Waals surface area contributed by atoms with Crippen molar-refractivity contribution >= 4 is 11.8 Å². The summed E-state index contributed by atoms with van der Waals surface area (Å²) in [5.74, 6) is -1.25. The van der Waals surface area contributed by atoms with Gasteiger partial charge < -0.3 is 19.8 Å². The van der Waals surface area contributed by atoms with Crippen LogP contribution in [0.3, 0.4) is 0 Å². The molecule has 0 radical (unpaired) electrons. The fourth-order valence-electron chi connectivity index (χ4n) is 8.38. The third-order valence-electron chi connectivity index (χ3n) is 10.5. The van der Waals surface area contributed by atoms with Crippen LogP contribution >= 0.6 is 0 Å². The molecule has 5 aliphatic rings. The molecule has 1 aliphatic heterocycles. The molecule has 2 unspecified atom stereocenters. The van der Waals surface area contributed by atoms with E-state index in [1.165, 1.54) is 12.2 Å². The predicted molar refractivity (Wildman–Crippen MR) is 133 cm³/mol. The fourth-order valence-corrected chi connectivity index (χ4v) is 8.38. The smallest absolute Gasteiger partial charge is 0.335 e. The first-order chi connectivity index (χ1) is 16.9. The van der Waals surface area contributed by atoms with E-state index in [4.69, 9.17) is 4.74 Å². The zero-order chi connectivity index (χ0) is 26.1. The molecule has 0 aromatic heterocycles. The van der Waals surface area contributed by atoms with E-state index in [1.807, 2.05) is 33.2 Å². The summed E-state index contributed by atoms with van der Waals surface area (Å²) in [7, 11) is 1.84. The van der Waals surface area contributed by atoms with Crippen molar-refractivity contribution in [2.45, 2.75) is 76.7 Å². The lowest BCUT2D eigenvalue weighted by Crippen LogP contribution is -2.68. The maximum absolute atomic E-state index is 17.2. The maximum Gasteiger partial charge on any atom is 0.335 e. The Hall–Kier alpha value is -2.25. The Morgan fingerprint density at radius 2 is 2.06 bits per heavy atom. The van der Waals surface area contributed by atoms with Gasteiger partial charge >= 0.3 is 5.97 Å². The number of hydrogen-bond donors (Lipinski definition) is 2. The Morgan fingerprint density at radius 1 is 1.31 bits per heavy atom. The Balaban J connectivity index is 1.38. The monoisotopic (exact) mass is 499 g/mol. The molecule has 8 atom stereocenters. The van der Waals surface area contributed by atoms with Gasteiger partial charge in [0.2, 0.25) is 0 Å². The number of ether oxygens (including phenoxy) is 1. The van der Waals surface area contributed by atoms with Crippen LogP contribution in [0.25, 0.3) is 0 Å². The molecule has 0 saturated heterocycles. The van der Waals surface area contributed by atoms with Crippen molar-refractivity contribution in [1.82, 2.24) is 4.90 Å². The lowest BCUT2D eigenvalue weighted by atomic mass is 9.44. The minimum Gasteiger partial charge on any atom is -0.462 e. The van der Waals surface area contributed by atoms with Crippen molar-refractivity contribution in [1.29, 1.82) is 0 Å². The quantitative estimate of drug-likeness (QED) is 0.569. The van der Waals surface area contributed by atoms with Crippen molar-refractivity contribution < 1.29 is 28.9 Å². The van der Waals surface area contributed by atoms with Crippen LogP contribution in [-0.4, -0.2) is 57.9 Å². The minimum absolute atomic E-state index is 0.0593. The number of allylic oxidation sites excluding steroid dienone is 5. The summed E-state index contributed by atoms with van der Waals surface area (Å²) in [4.78, 5) is 26.4. The van der Waals surface area contributed by atoms with Gasteiger partial charge in [-0.2, -0.15) is 0 Å². The zero-order valence-electron chi connectivity index (χ0n) is 21.7. The Kier molecular flexibility index (Phi) is 5.92. The molecule has 0 aromatic rings. The van der Waals surface area contributed by atoms with Gasteiger partial charge in [0.1, 0.15) is 0 Å². The third-order valence-corrected chi connectivity index (χ3v) is 10.5. The number of esters is 1. The van der Waals surface area contributed by atoms with Crippen molar-refractivity contribution in [3.05, 3.63) is 47.9 Å². The molecular weight excluding hydrogens is 461 g/mol. The van der Waals surface area contributed by atoms with Crippen LogP contribution in [0.15, 0.2) is 47.9 Å². The molecule has 4 aliphatic carbocycles. The molecule has 196 valence electrons. The molecule has 3 saturated carbocycles. The summed E-state index contributed by atoms with van der Waals surface area (Å²) in [6, 6.07) is 0. The number of aliphatic hydroxyl groups excluding tert-OH is 1. The van der Waals surface area contributed by atoms with Crippen molar-refractivity contribution in [3.8, 4) is 0 Å². The molecule has 1 heterocycles. The molecule has 0 aromatic carbocycles. The van der Waals surface area contributed by atoms with Crippen LogP contribution in [0.5, 0.6) is 0 Å². The largest absolute Gasteiger partial charge is 0.462 e. The van der Waals surface area contributed by atoms with Crippen molar-refractivity contribution in [3.63, 3.8) is 0 Å². The summed E-state index contributed by atoms with van der Waals surface area (Å²) in [6.45, 7) is 5.82. The highest BCUT2D eigenvalue weighted by Crippen LogP contribution is 2.71. The van der Waals surface area contributed by atoms with Crippen molar-refractivity contribution in [2.75, 3.05) is 13.7 Å². The summed E-state index contributed by atoms with van der Waals surface area (Å²) in [5.41, 5.74) is -3.57. The highest BCUT2D eigenvalue weighted by molar-refractivity contribution is 6.01. The van der Waals surface area contributed by atoms with Crippen LogP contribution in [0.4, 0.5) is 4.39 Å². The van der Waals surface area contributed by atoms with Gasteiger partial charge in [-0.1, -0.05) is 31.6 Å². The highest BCUT2D eigenvalue weighted by atomic mass is 19.1. The molecule has 6 nitrogen and oxygen atoms in total. The average Bonchev–Trinajstić information content (AvgIpc) is 3.01. The number of fused-ring (bicyclic) bond motifs is 5. The molecule has 3 fully saturated rings. The lowest BCUT2D eigenvalue weighted by Gasteiger charge is -2.63. The summed E-state index contributed by atoms with van der Waals surface area (Å²) in [6.07, 6.45) is 11.5.